The van der Waals surface area contributed by atoms with E-state index in [-0.39, 0.29) is 0 Å². The van der Waals surface area contributed by atoms with E-state index in [1.54, 1.807) is 12.1 Å². The number of hydrogen-bond acceptors (Lipinski definition) is 2. The van der Waals surface area contributed by atoms with Gasteiger partial charge in [-0.25, -0.2) is 0 Å². The number of hydrogen-bond donors (Lipinski definition) is 0. The molecule has 0 aromatic heterocycles. The van der Waals surface area contributed by atoms with Gasteiger partial charge in [-0.2, -0.15) is 5.26 Å². The molecule has 0 N–H and O–H groups in total. The Balaban J connectivity index is 1.76. The van der Waals surface area contributed by atoms with Gasteiger partial charge in [-0.3, -0.25) is 0 Å². The van der Waals surface area contributed by atoms with Crippen LogP contribution in [0, 0.1) is 11.3 Å². The zero-order valence-corrected chi connectivity index (χ0v) is 18.1. The molecule has 0 heterocycles. The quantitative estimate of drug-likeness (QED) is 0.267. The Bertz CT molecular complexity index is 1010. The second-order valence-corrected chi connectivity index (χ2v) is 7.99. The molecule has 3 aromatic carbocycles. The van der Waals surface area contributed by atoms with E-state index in [4.69, 9.17) is 16.3 Å². The Morgan fingerprint density at radius 2 is 1.70 bits per heavy atom. The van der Waals surface area contributed by atoms with Crippen LogP contribution in [0.2, 0.25) is 5.02 Å². The van der Waals surface area contributed by atoms with Gasteiger partial charge in [0, 0.05) is 9.50 Å². The van der Waals surface area contributed by atoms with E-state index in [9.17, 15) is 5.26 Å². The van der Waals surface area contributed by atoms with Crippen molar-refractivity contribution in [1.82, 2.24) is 0 Å². The summed E-state index contributed by atoms with van der Waals surface area (Å²) in [5, 5.41) is 10.1. The van der Waals surface area contributed by atoms with Crippen molar-refractivity contribution in [1.29, 1.82) is 5.26 Å². The van der Waals surface area contributed by atoms with Gasteiger partial charge in [0.1, 0.15) is 12.4 Å². The topological polar surface area (TPSA) is 33.0 Å². The first-order valence-electron chi connectivity index (χ1n) is 8.10. The third-order valence-corrected chi connectivity index (χ3v) is 5.25. The third kappa shape index (κ3) is 5.46. The van der Waals surface area contributed by atoms with Crippen LogP contribution in [0.15, 0.2) is 75.7 Å². The molecule has 27 heavy (non-hydrogen) atoms. The normalized spacial score (nSPS) is 11.1. The first-order chi connectivity index (χ1) is 13.0. The fourth-order valence-corrected chi connectivity index (χ4v) is 3.34. The lowest BCUT2D eigenvalue weighted by molar-refractivity contribution is 0.304. The molecule has 3 aromatic rings. The lowest BCUT2D eigenvalue weighted by atomic mass is 10.0. The van der Waals surface area contributed by atoms with Crippen molar-refractivity contribution in [3.63, 3.8) is 0 Å². The molecule has 0 aliphatic rings. The highest BCUT2D eigenvalue weighted by Gasteiger charge is 2.05. The third-order valence-electron chi connectivity index (χ3n) is 3.85. The Kier molecular flexibility index (Phi) is 6.73. The zero-order chi connectivity index (χ0) is 19.2. The number of nitrogens with zero attached hydrogens (tertiary/aromatic N) is 1. The molecule has 0 spiro atoms. The zero-order valence-electron chi connectivity index (χ0n) is 14.1. The fraction of sp³-hybridized carbons (Fsp3) is 0.0455. The summed E-state index contributed by atoms with van der Waals surface area (Å²) >= 11 is 12.9. The van der Waals surface area contributed by atoms with Crippen LogP contribution >= 0.6 is 43.5 Å². The molecule has 0 saturated heterocycles. The number of halogens is 3. The Morgan fingerprint density at radius 3 is 2.33 bits per heavy atom. The molecule has 5 heteroatoms. The van der Waals surface area contributed by atoms with Crippen molar-refractivity contribution in [3.05, 3.63) is 97.4 Å². The summed E-state index contributed by atoms with van der Waals surface area (Å²) in [4.78, 5) is 0. The monoisotopic (exact) mass is 501 g/mol. The van der Waals surface area contributed by atoms with Gasteiger partial charge in [0.2, 0.25) is 0 Å². The largest absolute Gasteiger partial charge is 0.488 e. The minimum atomic E-state index is 0.481. The molecule has 0 fully saturated rings. The highest BCUT2D eigenvalue weighted by molar-refractivity contribution is 9.10. The van der Waals surface area contributed by atoms with Crippen molar-refractivity contribution < 1.29 is 4.74 Å². The van der Waals surface area contributed by atoms with Crippen molar-refractivity contribution >= 4 is 55.1 Å². The van der Waals surface area contributed by atoms with Crippen LogP contribution in [0.3, 0.4) is 0 Å². The minimum Gasteiger partial charge on any atom is -0.488 e. The first-order valence-corrected chi connectivity index (χ1v) is 10.1. The van der Waals surface area contributed by atoms with Gasteiger partial charge in [-0.15, -0.1) is 0 Å². The van der Waals surface area contributed by atoms with E-state index < -0.39 is 0 Å². The summed E-state index contributed by atoms with van der Waals surface area (Å²) in [6.07, 6.45) is 1.84. The highest BCUT2D eigenvalue weighted by Crippen LogP contribution is 2.29. The maximum atomic E-state index is 9.47. The average molecular weight is 504 g/mol. The summed E-state index contributed by atoms with van der Waals surface area (Å²) in [5.74, 6) is 0.750. The number of rotatable bonds is 5. The average Bonchev–Trinajstić information content (AvgIpc) is 2.67. The molecule has 0 amide bonds. The van der Waals surface area contributed by atoms with Gasteiger partial charge < -0.3 is 4.74 Å². The van der Waals surface area contributed by atoms with Gasteiger partial charge in [-0.1, -0.05) is 57.9 Å². The lowest BCUT2D eigenvalue weighted by Crippen LogP contribution is -1.96. The minimum absolute atomic E-state index is 0.481. The molecule has 2 nitrogen and oxygen atoms in total. The van der Waals surface area contributed by atoms with Gasteiger partial charge in [0.05, 0.1) is 16.1 Å². The van der Waals surface area contributed by atoms with Gasteiger partial charge in [-0.05, 0) is 75.1 Å². The molecule has 0 atom stereocenters. The van der Waals surface area contributed by atoms with Crippen molar-refractivity contribution in [2.75, 3.05) is 0 Å². The van der Waals surface area contributed by atoms with Gasteiger partial charge in [0.25, 0.3) is 0 Å². The molecule has 3 rings (SSSR count). The fourth-order valence-electron chi connectivity index (χ4n) is 2.44. The van der Waals surface area contributed by atoms with Crippen LogP contribution in [0.5, 0.6) is 5.75 Å². The smallest absolute Gasteiger partial charge is 0.134 e. The van der Waals surface area contributed by atoms with Crippen LogP contribution in [-0.4, -0.2) is 0 Å². The Labute approximate surface area is 180 Å². The maximum Gasteiger partial charge on any atom is 0.134 e. The van der Waals surface area contributed by atoms with Crippen molar-refractivity contribution in [2.24, 2.45) is 0 Å². The first kappa shape index (κ1) is 19.7. The van der Waals surface area contributed by atoms with Crippen LogP contribution in [0.1, 0.15) is 16.7 Å². The molecular weight excluding hydrogens is 490 g/mol. The van der Waals surface area contributed by atoms with E-state index in [2.05, 4.69) is 37.9 Å². The van der Waals surface area contributed by atoms with Gasteiger partial charge >= 0.3 is 0 Å². The Morgan fingerprint density at radius 1 is 1.00 bits per heavy atom. The second kappa shape index (κ2) is 9.23. The summed E-state index contributed by atoms with van der Waals surface area (Å²) in [5.41, 5.74) is 3.39. The highest BCUT2D eigenvalue weighted by atomic mass is 79.9. The summed E-state index contributed by atoms with van der Waals surface area (Å²) in [7, 11) is 0. The number of ether oxygens (including phenoxy) is 1. The van der Waals surface area contributed by atoms with Crippen LogP contribution < -0.4 is 4.74 Å². The second-order valence-electron chi connectivity index (χ2n) is 5.78. The van der Waals surface area contributed by atoms with E-state index in [1.807, 2.05) is 60.7 Å². The molecule has 0 radical (unpaired) electrons. The van der Waals surface area contributed by atoms with Crippen molar-refractivity contribution in [2.45, 2.75) is 6.61 Å². The predicted octanol–water partition coefficient (Wildman–Crippen LogP) is 7.51. The molecule has 0 aliphatic heterocycles. The van der Waals surface area contributed by atoms with Gasteiger partial charge in [0.15, 0.2) is 0 Å². The Hall–Kier alpha value is -2.06. The molecular formula is C22H14Br2ClNO. The van der Waals surface area contributed by atoms with Crippen molar-refractivity contribution in [3.8, 4) is 11.8 Å². The lowest BCUT2D eigenvalue weighted by Gasteiger charge is -2.09. The summed E-state index contributed by atoms with van der Waals surface area (Å²) < 4.78 is 7.76. The standard InChI is InChI=1S/C22H14Br2ClNO/c23-19-6-1-15(2-7-19)14-27-22-10-3-16(12-21(22)24)11-18(13-26)17-4-8-20(25)9-5-17/h1-12H,14H2/b18-11-. The number of benzene rings is 3. The van der Waals surface area contributed by atoms with E-state index in [0.717, 1.165) is 31.4 Å². The molecule has 0 bridgehead atoms. The number of nitriles is 1. The SMILES string of the molecule is N#C/C(=C/c1ccc(OCc2ccc(Br)cc2)c(Br)c1)c1ccc(Cl)cc1. The summed E-state index contributed by atoms with van der Waals surface area (Å²) in [6.45, 7) is 0.481. The summed E-state index contributed by atoms with van der Waals surface area (Å²) in [6, 6.07) is 23.2. The van der Waals surface area contributed by atoms with E-state index >= 15 is 0 Å². The molecule has 0 saturated carbocycles. The van der Waals surface area contributed by atoms with E-state index in [0.29, 0.717) is 17.2 Å². The van der Waals surface area contributed by atoms with Crippen LogP contribution in [0.25, 0.3) is 11.6 Å². The maximum absolute atomic E-state index is 9.47. The molecule has 134 valence electrons. The predicted molar refractivity (Wildman–Crippen MR) is 118 cm³/mol. The molecule has 0 aliphatic carbocycles. The number of allylic oxidation sites excluding steroid dienone is 1. The van der Waals surface area contributed by atoms with E-state index in [1.165, 1.54) is 0 Å². The molecule has 0 unspecified atom stereocenters. The van der Waals surface area contributed by atoms with Crippen LogP contribution in [0.4, 0.5) is 0 Å². The van der Waals surface area contributed by atoms with Crippen LogP contribution in [-0.2, 0) is 6.61 Å².